The molecule has 1 aliphatic heterocycles. The van der Waals surface area contributed by atoms with Crippen LogP contribution >= 0.6 is 0 Å². The number of carbonyl (C=O) groups is 3. The molecule has 2 saturated carbocycles. The van der Waals surface area contributed by atoms with E-state index in [-0.39, 0.29) is 36.2 Å². The van der Waals surface area contributed by atoms with E-state index >= 15 is 0 Å². The monoisotopic (exact) mass is 548 g/mol. The second-order valence-electron chi connectivity index (χ2n) is 11.0. The Bertz CT molecular complexity index is 1220. The lowest BCUT2D eigenvalue weighted by Gasteiger charge is -2.32. The Morgan fingerprint density at radius 2 is 1.90 bits per heavy atom. The number of nitrogens with one attached hydrogen (secondary N) is 3. The van der Waals surface area contributed by atoms with Crippen LogP contribution < -0.4 is 16.0 Å². The molecule has 0 bridgehead atoms. The highest BCUT2D eigenvalue weighted by Crippen LogP contribution is 2.40. The first-order valence-electron chi connectivity index (χ1n) is 13.3. The molecule has 39 heavy (non-hydrogen) atoms. The predicted molar refractivity (Wildman–Crippen MR) is 131 cm³/mol. The fourth-order valence-electron chi connectivity index (χ4n) is 5.49. The fraction of sp³-hybridized carbons (Fsp3) is 0.615. The number of rotatable bonds is 8. The summed E-state index contributed by atoms with van der Waals surface area (Å²) >= 11 is 0. The summed E-state index contributed by atoms with van der Waals surface area (Å²) in [5.41, 5.74) is 1.16. The maximum Gasteiger partial charge on any atom is 0.408 e. The van der Waals surface area contributed by atoms with Gasteiger partial charge in [0, 0.05) is 18.0 Å². The molecule has 3 fully saturated rings. The van der Waals surface area contributed by atoms with Gasteiger partial charge in [-0.25, -0.2) is 9.61 Å². The second kappa shape index (κ2) is 10.9. The van der Waals surface area contributed by atoms with Gasteiger partial charge >= 0.3 is 6.18 Å². The minimum atomic E-state index is -4.50. The first-order valence-corrected chi connectivity index (χ1v) is 13.3. The molecule has 13 heteroatoms. The number of nitrogens with zero attached hydrogens (tertiary/aromatic N) is 3. The van der Waals surface area contributed by atoms with Crippen LogP contribution in [0.1, 0.15) is 79.5 Å². The highest BCUT2D eigenvalue weighted by atomic mass is 19.4. The first kappa shape index (κ1) is 27.1. The van der Waals surface area contributed by atoms with Crippen molar-refractivity contribution in [3.8, 4) is 0 Å². The molecule has 2 aliphatic carbocycles. The number of alkyl halides is 3. The lowest BCUT2D eigenvalue weighted by molar-refractivity contribution is -0.154. The number of aromatic nitrogens is 3. The van der Waals surface area contributed by atoms with Crippen molar-refractivity contribution in [1.82, 2.24) is 25.9 Å². The molecule has 0 unspecified atom stereocenters. The maximum absolute atomic E-state index is 13.5. The minimum Gasteiger partial charge on any atom is -0.344 e. The fourth-order valence-corrected chi connectivity index (χ4v) is 5.49. The average molecular weight is 549 g/mol. The van der Waals surface area contributed by atoms with Crippen molar-refractivity contribution < 1.29 is 32.2 Å². The van der Waals surface area contributed by atoms with Crippen LogP contribution in [0.15, 0.2) is 23.0 Å². The molecule has 3 aliphatic rings. The van der Waals surface area contributed by atoms with Gasteiger partial charge in [0.15, 0.2) is 5.69 Å². The molecule has 3 N–H and O–H groups in total. The van der Waals surface area contributed by atoms with Crippen LogP contribution in [0.5, 0.6) is 0 Å². The molecule has 210 valence electrons. The van der Waals surface area contributed by atoms with E-state index in [9.17, 15) is 27.6 Å². The molecule has 0 spiro atoms. The highest BCUT2D eigenvalue weighted by molar-refractivity contribution is 6.00. The molecule has 5 rings (SSSR count). The Morgan fingerprint density at radius 3 is 2.56 bits per heavy atom. The summed E-state index contributed by atoms with van der Waals surface area (Å²) in [6.45, 7) is 2.16. The van der Waals surface area contributed by atoms with Gasteiger partial charge in [-0.2, -0.15) is 13.2 Å². The van der Waals surface area contributed by atoms with Crippen LogP contribution in [0.4, 0.5) is 19.0 Å². The number of anilines is 1. The van der Waals surface area contributed by atoms with Gasteiger partial charge in [-0.1, -0.05) is 24.9 Å². The third-order valence-electron chi connectivity index (χ3n) is 7.95. The lowest BCUT2D eigenvalue weighted by atomic mass is 9.79. The van der Waals surface area contributed by atoms with Crippen molar-refractivity contribution in [2.24, 2.45) is 17.8 Å². The standard InChI is InChI=1S/C26H31F3N6O4/c1-13-2-4-16(5-3-13)21(33-25(38)22-20(15-6-7-15)34-39-35-22)24(37)32-19-11-14(8-9-30-19)10-17-12-18(26(27,28)29)31-23(17)36/h8-9,11,13,15-18,21H,2-7,10,12H2,1H3,(H,31,36)(H,33,38)(H,30,32,37)/t13?,16?,17-,18+,21+/m1/s1. The molecule has 3 heterocycles. The van der Waals surface area contributed by atoms with E-state index in [0.717, 1.165) is 38.5 Å². The third-order valence-corrected chi connectivity index (χ3v) is 7.95. The maximum atomic E-state index is 13.5. The largest absolute Gasteiger partial charge is 0.408 e. The molecule has 2 aromatic heterocycles. The molecule has 10 nitrogen and oxygen atoms in total. The minimum absolute atomic E-state index is 0.0770. The van der Waals surface area contributed by atoms with E-state index in [1.165, 1.54) is 6.20 Å². The topological polar surface area (TPSA) is 139 Å². The number of halogens is 3. The smallest absolute Gasteiger partial charge is 0.344 e. The molecular weight excluding hydrogens is 517 g/mol. The first-order chi connectivity index (χ1) is 18.6. The van der Waals surface area contributed by atoms with Gasteiger partial charge in [-0.15, -0.1) is 0 Å². The summed E-state index contributed by atoms with van der Waals surface area (Å²) in [5, 5.41) is 15.2. The van der Waals surface area contributed by atoms with Crippen LogP contribution in [0.25, 0.3) is 0 Å². The second-order valence-corrected chi connectivity index (χ2v) is 11.0. The summed E-state index contributed by atoms with van der Waals surface area (Å²) in [7, 11) is 0. The normalized spacial score (nSPS) is 26.1. The quantitative estimate of drug-likeness (QED) is 0.459. The van der Waals surface area contributed by atoms with Crippen LogP contribution in [-0.2, 0) is 16.0 Å². The Hall–Kier alpha value is -3.51. The van der Waals surface area contributed by atoms with Crippen LogP contribution in [0, 0.1) is 17.8 Å². The number of pyridine rings is 1. The molecule has 1 saturated heterocycles. The Kier molecular flexibility index (Phi) is 7.59. The SMILES string of the molecule is CC1CCC([C@H](NC(=O)c2nonc2C2CC2)C(=O)Nc2cc(C[C@@H]3C[C@@H](C(F)(F)F)NC3=O)ccn2)CC1. The molecular formula is C26H31F3N6O4. The van der Waals surface area contributed by atoms with Crippen molar-refractivity contribution in [2.75, 3.05) is 5.32 Å². The van der Waals surface area contributed by atoms with E-state index in [4.69, 9.17) is 4.63 Å². The Morgan fingerprint density at radius 1 is 1.15 bits per heavy atom. The predicted octanol–water partition coefficient (Wildman–Crippen LogP) is 3.51. The summed E-state index contributed by atoms with van der Waals surface area (Å²) in [6, 6.07) is 0.426. The summed E-state index contributed by atoms with van der Waals surface area (Å²) < 4.78 is 43.9. The van der Waals surface area contributed by atoms with Gasteiger partial charge in [-0.05, 0) is 73.2 Å². The Labute approximate surface area is 222 Å². The third kappa shape index (κ3) is 6.39. The van der Waals surface area contributed by atoms with Crippen LogP contribution in [0.2, 0.25) is 0 Å². The van der Waals surface area contributed by atoms with E-state index in [2.05, 4.69) is 32.9 Å². The molecule has 0 radical (unpaired) electrons. The van der Waals surface area contributed by atoms with Crippen molar-refractivity contribution in [3.63, 3.8) is 0 Å². The molecule has 3 atom stereocenters. The number of amides is 3. The van der Waals surface area contributed by atoms with E-state index in [0.29, 0.717) is 17.2 Å². The number of carbonyl (C=O) groups excluding carboxylic acids is 3. The van der Waals surface area contributed by atoms with Gasteiger partial charge in [0.2, 0.25) is 11.8 Å². The van der Waals surface area contributed by atoms with Gasteiger partial charge < -0.3 is 16.0 Å². The number of hydrogen-bond acceptors (Lipinski definition) is 7. The summed E-state index contributed by atoms with van der Waals surface area (Å²) in [5.74, 6) is -1.70. The van der Waals surface area contributed by atoms with Crippen molar-refractivity contribution in [3.05, 3.63) is 35.3 Å². The summed E-state index contributed by atoms with van der Waals surface area (Å²) in [4.78, 5) is 42.9. The molecule has 2 aromatic rings. The van der Waals surface area contributed by atoms with Crippen molar-refractivity contribution in [2.45, 2.75) is 82.5 Å². The highest BCUT2D eigenvalue weighted by Gasteiger charge is 2.47. The van der Waals surface area contributed by atoms with E-state index in [1.54, 1.807) is 12.1 Å². The zero-order chi connectivity index (χ0) is 27.7. The van der Waals surface area contributed by atoms with E-state index < -0.39 is 41.9 Å². The van der Waals surface area contributed by atoms with E-state index in [1.807, 2.05) is 5.32 Å². The zero-order valence-electron chi connectivity index (χ0n) is 21.5. The van der Waals surface area contributed by atoms with Gasteiger partial charge in [0.25, 0.3) is 5.91 Å². The zero-order valence-corrected chi connectivity index (χ0v) is 21.5. The van der Waals surface area contributed by atoms with Gasteiger partial charge in [0.1, 0.15) is 23.6 Å². The molecule has 3 amide bonds. The summed E-state index contributed by atoms with van der Waals surface area (Å²) in [6.07, 6.45) is 1.85. The lowest BCUT2D eigenvalue weighted by Crippen LogP contribution is -2.49. The Balaban J connectivity index is 1.28. The van der Waals surface area contributed by atoms with Crippen molar-refractivity contribution in [1.29, 1.82) is 0 Å². The van der Waals surface area contributed by atoms with Crippen molar-refractivity contribution >= 4 is 23.5 Å². The van der Waals surface area contributed by atoms with Crippen LogP contribution in [-0.4, -0.2) is 51.3 Å². The number of hydrogen-bond donors (Lipinski definition) is 3. The van der Waals surface area contributed by atoms with Gasteiger partial charge in [-0.3, -0.25) is 14.4 Å². The van der Waals surface area contributed by atoms with Crippen LogP contribution in [0.3, 0.4) is 0 Å². The van der Waals surface area contributed by atoms with Gasteiger partial charge in [0.05, 0.1) is 0 Å². The molecule has 0 aromatic carbocycles. The average Bonchev–Trinajstić information content (AvgIpc) is 3.49.